The van der Waals surface area contributed by atoms with E-state index in [1.807, 2.05) is 0 Å². The summed E-state index contributed by atoms with van der Waals surface area (Å²) in [6.45, 7) is 1.74. The maximum absolute atomic E-state index is 12.9. The minimum absolute atomic E-state index is 0.149. The van der Waals surface area contributed by atoms with Crippen LogP contribution in [0.3, 0.4) is 0 Å². The first-order valence-corrected chi connectivity index (χ1v) is 6.68. The first kappa shape index (κ1) is 15.2. The fraction of sp³-hybridized carbons (Fsp3) is 0.250. The summed E-state index contributed by atoms with van der Waals surface area (Å²) in [5.41, 5.74) is -2.09. The van der Waals surface area contributed by atoms with Gasteiger partial charge in [0.05, 0.1) is 11.0 Å². The second-order valence-electron chi connectivity index (χ2n) is 4.22. The molecule has 2 rings (SSSR count). The van der Waals surface area contributed by atoms with Gasteiger partial charge in [-0.2, -0.15) is 13.2 Å². The largest absolute Gasteiger partial charge is 0.423 e. The molecule has 2 aromatic rings. The maximum Gasteiger partial charge on any atom is 0.423 e. The Labute approximate surface area is 121 Å². The van der Waals surface area contributed by atoms with Crippen LogP contribution < -0.4 is 5.32 Å². The summed E-state index contributed by atoms with van der Waals surface area (Å²) in [6.07, 6.45) is -3.19. The van der Waals surface area contributed by atoms with Crippen LogP contribution in [0.1, 0.15) is 23.5 Å². The average Bonchev–Trinajstić information content (AvgIpc) is 2.91. The number of nitro groups is 1. The lowest BCUT2D eigenvalue weighted by Gasteiger charge is -2.15. The van der Waals surface area contributed by atoms with Crippen LogP contribution in [0, 0.1) is 10.1 Å². The molecular weight excluding hydrogens is 307 g/mol. The molecule has 0 amide bonds. The van der Waals surface area contributed by atoms with Crippen molar-refractivity contribution >= 4 is 22.7 Å². The van der Waals surface area contributed by atoms with Crippen LogP contribution in [0.4, 0.5) is 24.5 Å². The highest BCUT2D eigenvalue weighted by Crippen LogP contribution is 2.38. The highest BCUT2D eigenvalue weighted by atomic mass is 32.1. The number of halogens is 3. The van der Waals surface area contributed by atoms with Gasteiger partial charge in [0.2, 0.25) is 0 Å². The van der Waals surface area contributed by atoms with Gasteiger partial charge in [0.25, 0.3) is 5.69 Å². The monoisotopic (exact) mass is 317 g/mol. The van der Waals surface area contributed by atoms with Crippen molar-refractivity contribution in [3.63, 3.8) is 0 Å². The van der Waals surface area contributed by atoms with Gasteiger partial charge < -0.3 is 5.32 Å². The molecule has 0 fully saturated rings. The van der Waals surface area contributed by atoms with Crippen LogP contribution in [0.15, 0.2) is 29.8 Å². The Morgan fingerprint density at radius 3 is 2.67 bits per heavy atom. The van der Waals surface area contributed by atoms with Gasteiger partial charge in [-0.25, -0.2) is 4.98 Å². The van der Waals surface area contributed by atoms with Crippen molar-refractivity contribution < 1.29 is 18.1 Å². The van der Waals surface area contributed by atoms with Gasteiger partial charge in [-0.1, -0.05) is 0 Å². The van der Waals surface area contributed by atoms with Crippen molar-refractivity contribution in [1.82, 2.24) is 4.98 Å². The van der Waals surface area contributed by atoms with E-state index in [0.29, 0.717) is 5.01 Å². The van der Waals surface area contributed by atoms with Crippen LogP contribution in [-0.4, -0.2) is 9.91 Å². The Kier molecular flexibility index (Phi) is 4.12. The molecule has 0 saturated heterocycles. The molecule has 0 saturated carbocycles. The van der Waals surface area contributed by atoms with E-state index in [9.17, 15) is 23.3 Å². The number of nitrogens with one attached hydrogen (secondary N) is 1. The molecule has 0 aliphatic rings. The van der Waals surface area contributed by atoms with Gasteiger partial charge in [0.1, 0.15) is 10.6 Å². The van der Waals surface area contributed by atoms with Crippen LogP contribution in [0.5, 0.6) is 0 Å². The fourth-order valence-electron chi connectivity index (χ4n) is 1.77. The molecule has 1 atom stereocenters. The van der Waals surface area contributed by atoms with Crippen LogP contribution in [0.2, 0.25) is 0 Å². The average molecular weight is 317 g/mol. The molecule has 9 heteroatoms. The maximum atomic E-state index is 12.9. The summed E-state index contributed by atoms with van der Waals surface area (Å²) in [5, 5.41) is 16.0. The van der Waals surface area contributed by atoms with E-state index >= 15 is 0 Å². The quantitative estimate of drug-likeness (QED) is 0.676. The van der Waals surface area contributed by atoms with E-state index in [0.717, 1.165) is 12.1 Å². The highest BCUT2D eigenvalue weighted by molar-refractivity contribution is 7.09. The number of benzene rings is 1. The zero-order valence-corrected chi connectivity index (χ0v) is 11.5. The molecule has 1 N–H and O–H groups in total. The Morgan fingerprint density at radius 2 is 2.14 bits per heavy atom. The van der Waals surface area contributed by atoms with Gasteiger partial charge in [-0.15, -0.1) is 11.3 Å². The number of aromatic nitrogens is 1. The van der Waals surface area contributed by atoms with Crippen LogP contribution in [-0.2, 0) is 6.18 Å². The van der Waals surface area contributed by atoms with Gasteiger partial charge in [-0.3, -0.25) is 10.1 Å². The predicted molar refractivity (Wildman–Crippen MR) is 72.3 cm³/mol. The summed E-state index contributed by atoms with van der Waals surface area (Å²) in [6, 6.07) is 2.53. The number of hydrogen-bond acceptors (Lipinski definition) is 5. The third-order valence-corrected chi connectivity index (χ3v) is 3.66. The lowest BCUT2D eigenvalue weighted by Crippen LogP contribution is -2.11. The highest BCUT2D eigenvalue weighted by Gasteiger charge is 2.38. The number of rotatable bonds is 4. The van der Waals surface area contributed by atoms with Crippen LogP contribution in [0.25, 0.3) is 0 Å². The van der Waals surface area contributed by atoms with Crippen molar-refractivity contribution in [3.8, 4) is 0 Å². The predicted octanol–water partition coefficient (Wildman–Crippen LogP) is 4.24. The molecule has 1 aromatic heterocycles. The third-order valence-electron chi connectivity index (χ3n) is 2.70. The number of alkyl halides is 3. The Bertz CT molecular complexity index is 644. The molecule has 0 aliphatic heterocycles. The molecule has 0 radical (unpaired) electrons. The lowest BCUT2D eigenvalue weighted by molar-refractivity contribution is -0.388. The number of thiazole rings is 1. The molecule has 21 heavy (non-hydrogen) atoms. The standard InChI is InChI=1S/C12H10F3N3O2S/c1-7(11-16-4-5-21-11)17-8-2-3-10(18(19)20)9(6-8)12(13,14)15/h2-7,17H,1H3. The molecule has 112 valence electrons. The van der Waals surface area contributed by atoms with E-state index in [1.165, 1.54) is 17.4 Å². The molecule has 1 aromatic carbocycles. The van der Waals surface area contributed by atoms with Gasteiger partial charge >= 0.3 is 6.18 Å². The third kappa shape index (κ3) is 3.48. The molecule has 0 bridgehead atoms. The van der Waals surface area contributed by atoms with Crippen molar-refractivity contribution in [3.05, 3.63) is 50.5 Å². The van der Waals surface area contributed by atoms with Crippen molar-refractivity contribution in [2.24, 2.45) is 0 Å². The number of nitrogens with zero attached hydrogens (tertiary/aromatic N) is 2. The SMILES string of the molecule is CC(Nc1ccc([N+](=O)[O-])c(C(F)(F)F)c1)c1nccs1. The smallest absolute Gasteiger partial charge is 0.376 e. The van der Waals surface area contributed by atoms with Crippen molar-refractivity contribution in [1.29, 1.82) is 0 Å². The second kappa shape index (κ2) is 5.68. The summed E-state index contributed by atoms with van der Waals surface area (Å²) in [5.74, 6) is 0. The topological polar surface area (TPSA) is 68.1 Å². The van der Waals surface area contributed by atoms with E-state index in [-0.39, 0.29) is 11.7 Å². The van der Waals surface area contributed by atoms with Crippen molar-refractivity contribution in [2.75, 3.05) is 5.32 Å². The summed E-state index contributed by atoms with van der Waals surface area (Å²) < 4.78 is 38.6. The molecule has 5 nitrogen and oxygen atoms in total. The molecule has 1 unspecified atom stereocenters. The summed E-state index contributed by atoms with van der Waals surface area (Å²) >= 11 is 1.36. The minimum atomic E-state index is -4.79. The molecule has 0 aliphatic carbocycles. The minimum Gasteiger partial charge on any atom is -0.376 e. The van der Waals surface area contributed by atoms with Gasteiger partial charge in [0, 0.05) is 23.3 Å². The second-order valence-corrected chi connectivity index (χ2v) is 5.15. The lowest BCUT2D eigenvalue weighted by atomic mass is 10.1. The normalized spacial score (nSPS) is 13.0. The Morgan fingerprint density at radius 1 is 1.43 bits per heavy atom. The summed E-state index contributed by atoms with van der Waals surface area (Å²) in [7, 11) is 0. The van der Waals surface area contributed by atoms with Crippen LogP contribution >= 0.6 is 11.3 Å². The van der Waals surface area contributed by atoms with Crippen molar-refractivity contribution in [2.45, 2.75) is 19.1 Å². The number of anilines is 1. The van der Waals surface area contributed by atoms with E-state index in [1.54, 1.807) is 18.5 Å². The van der Waals surface area contributed by atoms with E-state index in [4.69, 9.17) is 0 Å². The van der Waals surface area contributed by atoms with E-state index < -0.39 is 22.4 Å². The first-order valence-electron chi connectivity index (χ1n) is 5.80. The molecule has 1 heterocycles. The van der Waals surface area contributed by atoms with Gasteiger partial charge in [-0.05, 0) is 19.1 Å². The first-order chi connectivity index (χ1) is 9.79. The Hall–Kier alpha value is -2.16. The fourth-order valence-corrected chi connectivity index (χ4v) is 2.42. The van der Waals surface area contributed by atoms with Gasteiger partial charge in [0.15, 0.2) is 0 Å². The molecular formula is C12H10F3N3O2S. The number of hydrogen-bond donors (Lipinski definition) is 1. The Balaban J connectivity index is 2.32. The number of nitro benzene ring substituents is 1. The molecule has 0 spiro atoms. The zero-order valence-electron chi connectivity index (χ0n) is 10.7. The zero-order chi connectivity index (χ0) is 15.6. The summed E-state index contributed by atoms with van der Waals surface area (Å²) in [4.78, 5) is 13.7. The van der Waals surface area contributed by atoms with E-state index in [2.05, 4.69) is 10.3 Å².